The number of aliphatic hydroxyl groups is 1. The van der Waals surface area contributed by atoms with Gasteiger partial charge in [-0.25, -0.2) is 0 Å². The fourth-order valence-corrected chi connectivity index (χ4v) is 3.66. The summed E-state index contributed by atoms with van der Waals surface area (Å²) in [4.78, 5) is 23.9. The summed E-state index contributed by atoms with van der Waals surface area (Å²) in [6, 6.07) is 6.69. The van der Waals surface area contributed by atoms with E-state index in [0.29, 0.717) is 25.3 Å². The average molecular weight is 415 g/mol. The van der Waals surface area contributed by atoms with E-state index in [1.807, 2.05) is 0 Å². The first-order valence-electron chi connectivity index (χ1n) is 8.85. The standard InChI is InChI=1S/C19H23F2NO5S/c20-19(21,14-5-2-1-3-6-14)16(23)8-7-15-13-28-18(26)22(15)10-4-11-27-12-9-17(24)25/h1-3,5-8,15-16,23H,4,9-13H2,(H,24,25). The molecule has 0 saturated carbocycles. The van der Waals surface area contributed by atoms with Crippen LogP contribution in [-0.4, -0.2) is 64.0 Å². The van der Waals surface area contributed by atoms with Crippen molar-refractivity contribution in [3.8, 4) is 0 Å². The van der Waals surface area contributed by atoms with Gasteiger partial charge in [0.05, 0.1) is 19.1 Å². The van der Waals surface area contributed by atoms with E-state index < -0.39 is 24.0 Å². The topological polar surface area (TPSA) is 87.1 Å². The molecule has 1 heterocycles. The van der Waals surface area contributed by atoms with Gasteiger partial charge >= 0.3 is 11.9 Å². The third-order valence-corrected chi connectivity index (χ3v) is 5.20. The molecule has 1 aliphatic rings. The quantitative estimate of drug-likeness (QED) is 0.427. The first-order chi connectivity index (χ1) is 13.3. The number of halogens is 2. The Kier molecular flexibility index (Phi) is 8.40. The Balaban J connectivity index is 1.87. The summed E-state index contributed by atoms with van der Waals surface area (Å²) < 4.78 is 33.8. The largest absolute Gasteiger partial charge is 0.481 e. The molecule has 9 heteroatoms. The first-order valence-corrected chi connectivity index (χ1v) is 9.83. The minimum absolute atomic E-state index is 0.0859. The Labute approximate surface area is 166 Å². The molecule has 0 aliphatic carbocycles. The number of amides is 1. The van der Waals surface area contributed by atoms with Crippen LogP contribution < -0.4 is 0 Å². The van der Waals surface area contributed by atoms with Gasteiger partial charge in [-0.3, -0.25) is 9.59 Å². The zero-order valence-corrected chi connectivity index (χ0v) is 16.0. The number of aliphatic carboxylic acids is 1. The molecule has 0 spiro atoms. The lowest BCUT2D eigenvalue weighted by Gasteiger charge is -2.23. The molecule has 0 bridgehead atoms. The van der Waals surface area contributed by atoms with E-state index >= 15 is 0 Å². The van der Waals surface area contributed by atoms with E-state index in [4.69, 9.17) is 9.84 Å². The number of carboxylic acids is 1. The Morgan fingerprint density at radius 3 is 2.75 bits per heavy atom. The normalized spacial score (nSPS) is 18.8. The van der Waals surface area contributed by atoms with Gasteiger partial charge in [0.15, 0.2) is 0 Å². The van der Waals surface area contributed by atoms with Crippen LogP contribution in [0.2, 0.25) is 0 Å². The third kappa shape index (κ3) is 6.29. The molecule has 2 atom stereocenters. The molecule has 2 rings (SSSR count). The number of benzene rings is 1. The molecule has 154 valence electrons. The van der Waals surface area contributed by atoms with Crippen LogP contribution in [0.3, 0.4) is 0 Å². The van der Waals surface area contributed by atoms with Crippen molar-refractivity contribution in [2.24, 2.45) is 0 Å². The maximum Gasteiger partial charge on any atom is 0.305 e. The van der Waals surface area contributed by atoms with Crippen molar-refractivity contribution < 1.29 is 33.3 Å². The molecule has 28 heavy (non-hydrogen) atoms. The molecule has 6 nitrogen and oxygen atoms in total. The molecule has 0 radical (unpaired) electrons. The molecule has 1 aliphatic heterocycles. The van der Waals surface area contributed by atoms with Gasteiger partial charge in [0, 0.05) is 24.5 Å². The van der Waals surface area contributed by atoms with Crippen LogP contribution in [0.4, 0.5) is 13.6 Å². The van der Waals surface area contributed by atoms with Crippen LogP contribution in [0.1, 0.15) is 18.4 Å². The van der Waals surface area contributed by atoms with Gasteiger partial charge in [0.25, 0.3) is 5.24 Å². The molecular formula is C19H23F2NO5S. The number of nitrogens with zero attached hydrogens (tertiary/aromatic N) is 1. The van der Waals surface area contributed by atoms with Crippen LogP contribution in [0, 0.1) is 0 Å². The Morgan fingerprint density at radius 2 is 2.07 bits per heavy atom. The lowest BCUT2D eigenvalue weighted by Crippen LogP contribution is -2.34. The van der Waals surface area contributed by atoms with Crippen molar-refractivity contribution in [3.63, 3.8) is 0 Å². The molecule has 0 aromatic heterocycles. The molecule has 2 N–H and O–H groups in total. The first kappa shape index (κ1) is 22.3. The number of carbonyl (C=O) groups is 2. The van der Waals surface area contributed by atoms with E-state index in [-0.39, 0.29) is 23.8 Å². The number of ether oxygens (including phenoxy) is 1. The molecule has 1 amide bonds. The van der Waals surface area contributed by atoms with E-state index in [2.05, 4.69) is 0 Å². The zero-order chi connectivity index (χ0) is 20.6. The van der Waals surface area contributed by atoms with Crippen LogP contribution in [0.25, 0.3) is 0 Å². The average Bonchev–Trinajstić information content (AvgIpc) is 3.02. The number of rotatable bonds is 11. The summed E-state index contributed by atoms with van der Waals surface area (Å²) in [5.74, 6) is -3.96. The van der Waals surface area contributed by atoms with E-state index in [9.17, 15) is 23.5 Å². The minimum Gasteiger partial charge on any atom is -0.481 e. The number of thioether (sulfide) groups is 1. The minimum atomic E-state index is -3.43. The van der Waals surface area contributed by atoms with Crippen molar-refractivity contribution in [2.75, 3.05) is 25.5 Å². The second kappa shape index (κ2) is 10.5. The van der Waals surface area contributed by atoms with E-state index in [1.165, 1.54) is 35.2 Å². The van der Waals surface area contributed by atoms with Gasteiger partial charge in [-0.2, -0.15) is 8.78 Å². The highest BCUT2D eigenvalue weighted by atomic mass is 32.2. The van der Waals surface area contributed by atoms with Gasteiger partial charge in [-0.1, -0.05) is 54.2 Å². The molecule has 2 unspecified atom stereocenters. The van der Waals surface area contributed by atoms with Gasteiger partial charge in [0.1, 0.15) is 6.10 Å². The lowest BCUT2D eigenvalue weighted by atomic mass is 10.0. The number of alkyl halides is 2. The molecule has 1 saturated heterocycles. The predicted octanol–water partition coefficient (Wildman–Crippen LogP) is 3.11. The molecule has 1 aromatic rings. The monoisotopic (exact) mass is 415 g/mol. The Bertz CT molecular complexity index is 686. The van der Waals surface area contributed by atoms with Crippen molar-refractivity contribution in [3.05, 3.63) is 48.0 Å². The maximum atomic E-state index is 14.3. The summed E-state index contributed by atoms with van der Waals surface area (Å²) in [6.45, 7) is 0.758. The number of hydrogen-bond donors (Lipinski definition) is 2. The number of hydrogen-bond acceptors (Lipinski definition) is 5. The van der Waals surface area contributed by atoms with Gasteiger partial charge < -0.3 is 19.8 Å². The summed E-state index contributed by atoms with van der Waals surface area (Å²) >= 11 is 1.09. The Morgan fingerprint density at radius 1 is 1.36 bits per heavy atom. The summed E-state index contributed by atoms with van der Waals surface area (Å²) in [5, 5.41) is 18.3. The van der Waals surface area contributed by atoms with Crippen LogP contribution in [-0.2, 0) is 15.5 Å². The van der Waals surface area contributed by atoms with Gasteiger partial charge in [0.2, 0.25) is 0 Å². The number of aliphatic hydroxyl groups excluding tert-OH is 1. The van der Waals surface area contributed by atoms with Crippen LogP contribution >= 0.6 is 11.8 Å². The van der Waals surface area contributed by atoms with E-state index in [0.717, 1.165) is 17.8 Å². The molecule has 1 fully saturated rings. The fraction of sp³-hybridized carbons (Fsp3) is 0.474. The van der Waals surface area contributed by atoms with Crippen molar-refractivity contribution in [1.82, 2.24) is 4.90 Å². The van der Waals surface area contributed by atoms with Crippen molar-refractivity contribution >= 4 is 23.0 Å². The second-order valence-electron chi connectivity index (χ2n) is 6.27. The zero-order valence-electron chi connectivity index (χ0n) is 15.2. The third-order valence-electron chi connectivity index (χ3n) is 4.21. The van der Waals surface area contributed by atoms with Gasteiger partial charge in [-0.05, 0) is 6.42 Å². The highest BCUT2D eigenvalue weighted by Crippen LogP contribution is 2.33. The van der Waals surface area contributed by atoms with Crippen molar-refractivity contribution in [1.29, 1.82) is 0 Å². The maximum absolute atomic E-state index is 14.3. The van der Waals surface area contributed by atoms with E-state index in [1.54, 1.807) is 6.07 Å². The van der Waals surface area contributed by atoms with Crippen LogP contribution in [0.15, 0.2) is 42.5 Å². The number of carboxylic acid groups (broad SMARTS) is 1. The summed E-state index contributed by atoms with van der Waals surface area (Å²) in [5.41, 5.74) is -0.278. The summed E-state index contributed by atoms with van der Waals surface area (Å²) in [6.07, 6.45) is 0.880. The number of carbonyl (C=O) groups excluding carboxylic acids is 1. The lowest BCUT2D eigenvalue weighted by molar-refractivity contribution is -0.138. The molecular weight excluding hydrogens is 392 g/mol. The Hall–Kier alpha value is -1.97. The highest BCUT2D eigenvalue weighted by molar-refractivity contribution is 8.13. The smallest absolute Gasteiger partial charge is 0.305 e. The predicted molar refractivity (Wildman–Crippen MR) is 102 cm³/mol. The van der Waals surface area contributed by atoms with Crippen LogP contribution in [0.5, 0.6) is 0 Å². The molecule has 1 aromatic carbocycles. The SMILES string of the molecule is O=C(O)CCOCCCN1C(=O)SCC1C=CC(O)C(F)(F)c1ccccc1. The van der Waals surface area contributed by atoms with Crippen molar-refractivity contribution in [2.45, 2.75) is 30.9 Å². The summed E-state index contributed by atoms with van der Waals surface area (Å²) in [7, 11) is 0. The second-order valence-corrected chi connectivity index (χ2v) is 7.24. The van der Waals surface area contributed by atoms with Gasteiger partial charge in [-0.15, -0.1) is 0 Å². The highest BCUT2D eigenvalue weighted by Gasteiger charge is 2.39. The fourth-order valence-electron chi connectivity index (χ4n) is 2.67.